The predicted octanol–water partition coefficient (Wildman–Crippen LogP) is 1.98. The lowest BCUT2D eigenvalue weighted by molar-refractivity contribution is 0.0901. The third kappa shape index (κ3) is 4.44. The highest BCUT2D eigenvalue weighted by Crippen LogP contribution is 2.21. The minimum Gasteiger partial charge on any atom is -0.394 e. The van der Waals surface area contributed by atoms with E-state index in [1.165, 1.54) is 11.3 Å². The fourth-order valence-electron chi connectivity index (χ4n) is 1.67. The molecule has 0 bridgehead atoms. The molecule has 0 aliphatic carbocycles. The van der Waals surface area contributed by atoms with Gasteiger partial charge in [-0.05, 0) is 18.8 Å². The molecule has 2 N–H and O–H groups in total. The van der Waals surface area contributed by atoms with Crippen molar-refractivity contribution in [2.45, 2.75) is 40.2 Å². The molecule has 0 fully saturated rings. The quantitative estimate of drug-likeness (QED) is 0.866. The van der Waals surface area contributed by atoms with Crippen LogP contribution in [-0.4, -0.2) is 28.6 Å². The van der Waals surface area contributed by atoms with Crippen molar-refractivity contribution < 1.29 is 9.90 Å². The maximum absolute atomic E-state index is 11.9. The van der Waals surface area contributed by atoms with E-state index in [0.29, 0.717) is 4.88 Å². The number of aryl methyl sites for hydroxylation is 1. The molecule has 0 spiro atoms. The molecule has 1 unspecified atom stereocenters. The summed E-state index contributed by atoms with van der Waals surface area (Å²) >= 11 is 1.32. The number of hydrogen-bond donors (Lipinski definition) is 2. The largest absolute Gasteiger partial charge is 0.394 e. The van der Waals surface area contributed by atoms with Gasteiger partial charge in [-0.25, -0.2) is 4.98 Å². The van der Waals surface area contributed by atoms with Crippen LogP contribution in [0.25, 0.3) is 0 Å². The Kier molecular flexibility index (Phi) is 4.65. The van der Waals surface area contributed by atoms with E-state index >= 15 is 0 Å². The number of aliphatic hydroxyl groups excluding tert-OH is 1. The van der Waals surface area contributed by atoms with Crippen LogP contribution in [0.1, 0.15) is 42.6 Å². The number of thiazole rings is 1. The maximum Gasteiger partial charge on any atom is 0.263 e. The fraction of sp³-hybridized carbons (Fsp3) is 0.667. The lowest BCUT2D eigenvalue weighted by atomic mass is 9.88. The van der Waals surface area contributed by atoms with Crippen molar-refractivity contribution in [1.82, 2.24) is 10.3 Å². The lowest BCUT2D eigenvalue weighted by Crippen LogP contribution is -2.39. The molecule has 1 aromatic rings. The molecule has 1 heterocycles. The number of carbonyl (C=O) groups is 1. The van der Waals surface area contributed by atoms with Crippen LogP contribution in [0, 0.1) is 12.3 Å². The number of aromatic nitrogens is 1. The summed E-state index contributed by atoms with van der Waals surface area (Å²) in [5.74, 6) is -0.145. The van der Waals surface area contributed by atoms with Crippen LogP contribution < -0.4 is 5.32 Å². The molecule has 0 aromatic carbocycles. The molecule has 1 amide bonds. The van der Waals surface area contributed by atoms with Gasteiger partial charge in [-0.2, -0.15) is 0 Å². The van der Waals surface area contributed by atoms with Crippen molar-refractivity contribution in [2.24, 2.45) is 5.41 Å². The molecule has 0 saturated carbocycles. The second-order valence-electron chi connectivity index (χ2n) is 5.38. The average Bonchev–Trinajstić information content (AvgIpc) is 2.61. The van der Waals surface area contributed by atoms with Crippen LogP contribution in [-0.2, 0) is 0 Å². The van der Waals surface area contributed by atoms with E-state index in [0.717, 1.165) is 12.1 Å². The molecule has 1 atom stereocenters. The smallest absolute Gasteiger partial charge is 0.263 e. The monoisotopic (exact) mass is 256 g/mol. The van der Waals surface area contributed by atoms with E-state index < -0.39 is 0 Å². The number of nitrogens with one attached hydrogen (secondary N) is 1. The van der Waals surface area contributed by atoms with Crippen molar-refractivity contribution >= 4 is 17.2 Å². The molecule has 5 heteroatoms. The van der Waals surface area contributed by atoms with Gasteiger partial charge in [-0.3, -0.25) is 4.79 Å². The molecular weight excluding hydrogens is 236 g/mol. The first-order valence-electron chi connectivity index (χ1n) is 5.65. The number of rotatable bonds is 4. The maximum atomic E-state index is 11.9. The van der Waals surface area contributed by atoms with Crippen molar-refractivity contribution in [3.05, 3.63) is 16.1 Å². The van der Waals surface area contributed by atoms with Gasteiger partial charge in [-0.15, -0.1) is 11.3 Å². The number of carbonyl (C=O) groups excluding carboxylic acids is 1. The van der Waals surface area contributed by atoms with Crippen LogP contribution in [0.2, 0.25) is 0 Å². The van der Waals surface area contributed by atoms with Crippen LogP contribution in [0.5, 0.6) is 0 Å². The Morgan fingerprint density at radius 1 is 1.59 bits per heavy atom. The van der Waals surface area contributed by atoms with E-state index in [-0.39, 0.29) is 24.0 Å². The van der Waals surface area contributed by atoms with Crippen LogP contribution in [0.3, 0.4) is 0 Å². The molecular formula is C12H20N2O2S. The summed E-state index contributed by atoms with van der Waals surface area (Å²) in [4.78, 5) is 16.6. The first-order chi connectivity index (χ1) is 7.83. The molecule has 1 rings (SSSR count). The highest BCUT2D eigenvalue weighted by molar-refractivity contribution is 7.11. The fourth-order valence-corrected chi connectivity index (χ4v) is 2.38. The Labute approximate surface area is 106 Å². The highest BCUT2D eigenvalue weighted by atomic mass is 32.1. The zero-order valence-corrected chi connectivity index (χ0v) is 11.6. The summed E-state index contributed by atoms with van der Waals surface area (Å²) in [5.41, 5.74) is 2.46. The van der Waals surface area contributed by atoms with Crippen molar-refractivity contribution in [2.75, 3.05) is 6.61 Å². The Balaban J connectivity index is 2.63. The van der Waals surface area contributed by atoms with E-state index in [4.69, 9.17) is 0 Å². The summed E-state index contributed by atoms with van der Waals surface area (Å²) in [6.07, 6.45) is 0.743. The van der Waals surface area contributed by atoms with Gasteiger partial charge in [-0.1, -0.05) is 20.8 Å². The van der Waals surface area contributed by atoms with Crippen molar-refractivity contribution in [1.29, 1.82) is 0 Å². The summed E-state index contributed by atoms with van der Waals surface area (Å²) in [6, 6.07) is -0.205. The van der Waals surface area contributed by atoms with Crippen molar-refractivity contribution in [3.63, 3.8) is 0 Å². The van der Waals surface area contributed by atoms with Crippen LogP contribution in [0.4, 0.5) is 0 Å². The molecule has 96 valence electrons. The zero-order valence-electron chi connectivity index (χ0n) is 10.8. The van der Waals surface area contributed by atoms with Crippen LogP contribution in [0.15, 0.2) is 5.51 Å². The Bertz CT molecular complexity index is 382. The minimum absolute atomic E-state index is 0.0408. The van der Waals surface area contributed by atoms with E-state index in [9.17, 15) is 9.90 Å². The van der Waals surface area contributed by atoms with E-state index in [1.54, 1.807) is 5.51 Å². The second kappa shape index (κ2) is 5.60. The molecule has 17 heavy (non-hydrogen) atoms. The van der Waals surface area contributed by atoms with Gasteiger partial charge in [0.1, 0.15) is 4.88 Å². The first kappa shape index (κ1) is 14.1. The van der Waals surface area contributed by atoms with Gasteiger partial charge >= 0.3 is 0 Å². The van der Waals surface area contributed by atoms with Crippen LogP contribution >= 0.6 is 11.3 Å². The average molecular weight is 256 g/mol. The second-order valence-corrected chi connectivity index (χ2v) is 6.24. The summed E-state index contributed by atoms with van der Waals surface area (Å²) in [7, 11) is 0. The minimum atomic E-state index is -0.205. The van der Waals surface area contributed by atoms with Gasteiger partial charge in [0.05, 0.1) is 23.9 Å². The Hall–Kier alpha value is -0.940. The third-order valence-electron chi connectivity index (χ3n) is 2.37. The normalized spacial score (nSPS) is 13.5. The number of aliphatic hydroxyl groups is 1. The summed E-state index contributed by atoms with van der Waals surface area (Å²) < 4.78 is 0. The first-order valence-corrected chi connectivity index (χ1v) is 6.53. The third-order valence-corrected chi connectivity index (χ3v) is 3.29. The van der Waals surface area contributed by atoms with E-state index in [1.807, 2.05) is 6.92 Å². The number of nitrogens with zero attached hydrogens (tertiary/aromatic N) is 1. The topological polar surface area (TPSA) is 62.2 Å². The molecule has 0 radical (unpaired) electrons. The van der Waals surface area contributed by atoms with E-state index in [2.05, 4.69) is 31.1 Å². The number of amides is 1. The Morgan fingerprint density at radius 2 is 2.24 bits per heavy atom. The molecule has 0 aliphatic rings. The van der Waals surface area contributed by atoms with Gasteiger partial charge < -0.3 is 10.4 Å². The zero-order chi connectivity index (χ0) is 13.1. The van der Waals surface area contributed by atoms with Gasteiger partial charge in [0, 0.05) is 0 Å². The summed E-state index contributed by atoms with van der Waals surface area (Å²) in [5, 5.41) is 12.1. The number of hydrogen-bond acceptors (Lipinski definition) is 4. The molecule has 1 aromatic heterocycles. The molecule has 4 nitrogen and oxygen atoms in total. The lowest BCUT2D eigenvalue weighted by Gasteiger charge is -2.25. The standard InChI is InChI=1S/C12H20N2O2S/c1-8-10(17-7-13-8)11(16)14-9(6-15)5-12(2,3)4/h7,9,15H,5-6H2,1-4H3,(H,14,16). The van der Waals surface area contributed by atoms with Gasteiger partial charge in [0.2, 0.25) is 0 Å². The molecule has 0 saturated heterocycles. The van der Waals surface area contributed by atoms with Crippen molar-refractivity contribution in [3.8, 4) is 0 Å². The van der Waals surface area contributed by atoms with Gasteiger partial charge in [0.25, 0.3) is 5.91 Å². The Morgan fingerprint density at radius 3 is 2.65 bits per heavy atom. The predicted molar refractivity (Wildman–Crippen MR) is 69.3 cm³/mol. The SMILES string of the molecule is Cc1ncsc1C(=O)NC(CO)CC(C)(C)C. The molecule has 0 aliphatic heterocycles. The summed E-state index contributed by atoms with van der Waals surface area (Å²) in [6.45, 7) is 8.02. The highest BCUT2D eigenvalue weighted by Gasteiger charge is 2.21. The van der Waals surface area contributed by atoms with Gasteiger partial charge in [0.15, 0.2) is 0 Å².